The van der Waals surface area contributed by atoms with Gasteiger partial charge in [0.2, 0.25) is 0 Å². The summed E-state index contributed by atoms with van der Waals surface area (Å²) in [4.78, 5) is 28.9. The molecular weight excluding hydrogens is 440 g/mol. The number of fused-ring (bicyclic) bond motifs is 2. The van der Waals surface area contributed by atoms with Crippen LogP contribution in [0.5, 0.6) is 0 Å². The largest absolute Gasteiger partial charge is 0.345 e. The molecule has 0 unspecified atom stereocenters. The molecule has 0 radical (unpaired) electrons. The number of hydrogen-bond acceptors (Lipinski definition) is 4. The molecule has 0 fully saturated rings. The predicted molar refractivity (Wildman–Crippen MR) is 134 cm³/mol. The van der Waals surface area contributed by atoms with E-state index in [1.165, 1.54) is 0 Å². The van der Waals surface area contributed by atoms with E-state index in [1.807, 2.05) is 27.9 Å². The van der Waals surface area contributed by atoms with Gasteiger partial charge >= 0.3 is 0 Å². The van der Waals surface area contributed by atoms with Crippen LogP contribution >= 0.6 is 0 Å². The summed E-state index contributed by atoms with van der Waals surface area (Å²) in [5.74, 6) is -0.0283. The normalized spacial score (nSPS) is 13.5. The first-order valence-corrected chi connectivity index (χ1v) is 11.7. The SMILES string of the molecule is Cc1cc(-c2ccnn3cc(C(=O)N(C)C)cc23)ccc1CN1Cc2nn(C(C)(C)C)cc2C1=O. The average molecular weight is 471 g/mol. The standard InChI is InChI=1S/C27H30N6O2/c1-17-11-18(21-9-10-28-32-14-20(12-24(21)32)25(34)30(5)6)7-8-19(17)13-31-16-23-22(26(31)35)15-33(29-23)27(2,3)4/h7-12,14-15H,13,16H2,1-6H3. The third-order valence-corrected chi connectivity index (χ3v) is 6.51. The summed E-state index contributed by atoms with van der Waals surface area (Å²) in [6.45, 7) is 9.36. The lowest BCUT2D eigenvalue weighted by atomic mass is 9.99. The zero-order chi connectivity index (χ0) is 25.1. The highest BCUT2D eigenvalue weighted by Crippen LogP contribution is 2.30. The number of carbonyl (C=O) groups is 2. The zero-order valence-corrected chi connectivity index (χ0v) is 21.0. The molecule has 5 rings (SSSR count). The second-order valence-corrected chi connectivity index (χ2v) is 10.4. The molecule has 0 bridgehead atoms. The third-order valence-electron chi connectivity index (χ3n) is 6.51. The Labute approximate surface area is 204 Å². The molecule has 0 aliphatic carbocycles. The van der Waals surface area contributed by atoms with Crippen LogP contribution in [0.1, 0.15) is 58.3 Å². The maximum atomic E-state index is 13.0. The van der Waals surface area contributed by atoms with Crippen molar-refractivity contribution in [3.8, 4) is 11.1 Å². The number of nitrogens with zero attached hydrogens (tertiary/aromatic N) is 6. The lowest BCUT2D eigenvalue weighted by Gasteiger charge is -2.21. The molecule has 1 aromatic carbocycles. The van der Waals surface area contributed by atoms with Gasteiger partial charge in [-0.2, -0.15) is 10.2 Å². The number of aryl methyl sites for hydroxylation is 1. The second kappa shape index (κ2) is 8.08. The minimum atomic E-state index is -0.152. The fourth-order valence-corrected chi connectivity index (χ4v) is 4.48. The summed E-state index contributed by atoms with van der Waals surface area (Å²) < 4.78 is 3.62. The van der Waals surface area contributed by atoms with Gasteiger partial charge in [-0.1, -0.05) is 18.2 Å². The van der Waals surface area contributed by atoms with Crippen LogP contribution in [0.2, 0.25) is 0 Å². The van der Waals surface area contributed by atoms with Crippen LogP contribution in [0, 0.1) is 6.92 Å². The molecule has 8 nitrogen and oxygen atoms in total. The van der Waals surface area contributed by atoms with E-state index < -0.39 is 0 Å². The van der Waals surface area contributed by atoms with E-state index in [0.717, 1.165) is 33.5 Å². The van der Waals surface area contributed by atoms with Crippen LogP contribution in [-0.4, -0.2) is 55.1 Å². The van der Waals surface area contributed by atoms with Gasteiger partial charge in [0, 0.05) is 44.8 Å². The van der Waals surface area contributed by atoms with E-state index in [-0.39, 0.29) is 17.4 Å². The zero-order valence-electron chi connectivity index (χ0n) is 21.0. The van der Waals surface area contributed by atoms with Crippen LogP contribution in [-0.2, 0) is 18.6 Å². The lowest BCUT2D eigenvalue weighted by molar-refractivity contribution is 0.0762. The van der Waals surface area contributed by atoms with E-state index in [0.29, 0.717) is 24.2 Å². The minimum absolute atomic E-state index is 0.0288. The van der Waals surface area contributed by atoms with Gasteiger partial charge in [0.15, 0.2) is 0 Å². The molecule has 0 saturated heterocycles. The maximum Gasteiger partial charge on any atom is 0.258 e. The van der Waals surface area contributed by atoms with E-state index in [1.54, 1.807) is 35.9 Å². The molecule has 3 aromatic heterocycles. The van der Waals surface area contributed by atoms with Crippen LogP contribution < -0.4 is 0 Å². The van der Waals surface area contributed by atoms with Gasteiger partial charge in [0.1, 0.15) is 0 Å². The quantitative estimate of drug-likeness (QED) is 0.450. The highest BCUT2D eigenvalue weighted by atomic mass is 16.2. The Kier molecular flexibility index (Phi) is 5.27. The van der Waals surface area contributed by atoms with E-state index in [2.05, 4.69) is 56.1 Å². The van der Waals surface area contributed by atoms with Crippen molar-refractivity contribution in [2.45, 2.75) is 46.3 Å². The first-order valence-electron chi connectivity index (χ1n) is 11.7. The average Bonchev–Trinajstić information content (AvgIpc) is 3.49. The third kappa shape index (κ3) is 3.99. The Morgan fingerprint density at radius 3 is 2.51 bits per heavy atom. The van der Waals surface area contributed by atoms with Gasteiger partial charge in [0.25, 0.3) is 11.8 Å². The van der Waals surface area contributed by atoms with Gasteiger partial charge in [-0.05, 0) is 56.5 Å². The van der Waals surface area contributed by atoms with E-state index >= 15 is 0 Å². The molecule has 0 saturated carbocycles. The second-order valence-electron chi connectivity index (χ2n) is 10.4. The fourth-order valence-electron chi connectivity index (χ4n) is 4.48. The van der Waals surface area contributed by atoms with E-state index in [4.69, 9.17) is 0 Å². The van der Waals surface area contributed by atoms with Crippen LogP contribution in [0.4, 0.5) is 0 Å². The summed E-state index contributed by atoms with van der Waals surface area (Å²) in [5, 5.41) is 9.03. The molecule has 180 valence electrons. The Hall–Kier alpha value is -3.94. The van der Waals surface area contributed by atoms with Crippen molar-refractivity contribution in [2.75, 3.05) is 14.1 Å². The highest BCUT2D eigenvalue weighted by molar-refractivity contribution is 5.98. The van der Waals surface area contributed by atoms with Crippen molar-refractivity contribution in [3.05, 3.63) is 76.9 Å². The molecule has 0 N–H and O–H groups in total. The van der Waals surface area contributed by atoms with Gasteiger partial charge in [-0.15, -0.1) is 0 Å². The summed E-state index contributed by atoms with van der Waals surface area (Å²) >= 11 is 0. The number of hydrogen-bond donors (Lipinski definition) is 0. The molecular formula is C27H30N6O2. The Bertz CT molecular complexity index is 1470. The maximum absolute atomic E-state index is 13.0. The molecule has 35 heavy (non-hydrogen) atoms. The minimum Gasteiger partial charge on any atom is -0.345 e. The molecule has 1 aliphatic rings. The Balaban J connectivity index is 1.40. The van der Waals surface area contributed by atoms with Crippen LogP contribution in [0.3, 0.4) is 0 Å². The van der Waals surface area contributed by atoms with Crippen molar-refractivity contribution >= 4 is 17.3 Å². The number of amides is 2. The summed E-state index contributed by atoms with van der Waals surface area (Å²) in [7, 11) is 3.48. The highest BCUT2D eigenvalue weighted by Gasteiger charge is 2.32. The van der Waals surface area contributed by atoms with Gasteiger partial charge in [-0.3, -0.25) is 14.3 Å². The fraction of sp³-hybridized carbons (Fsp3) is 0.333. The number of aromatic nitrogens is 4. The van der Waals surface area contributed by atoms with Crippen molar-refractivity contribution in [1.29, 1.82) is 0 Å². The summed E-state index contributed by atoms with van der Waals surface area (Å²) in [5.41, 5.74) is 7.11. The summed E-state index contributed by atoms with van der Waals surface area (Å²) in [6.07, 6.45) is 5.37. The Morgan fingerprint density at radius 1 is 1.09 bits per heavy atom. The van der Waals surface area contributed by atoms with Gasteiger partial charge in [0.05, 0.1) is 34.4 Å². The first-order chi connectivity index (χ1) is 16.5. The van der Waals surface area contributed by atoms with Crippen LogP contribution in [0.25, 0.3) is 16.6 Å². The smallest absolute Gasteiger partial charge is 0.258 e. The molecule has 2 amide bonds. The van der Waals surface area contributed by atoms with Crippen molar-refractivity contribution in [2.24, 2.45) is 0 Å². The topological polar surface area (TPSA) is 75.7 Å². The van der Waals surface area contributed by atoms with Crippen molar-refractivity contribution in [1.82, 2.24) is 29.2 Å². The molecule has 4 heterocycles. The molecule has 4 aromatic rings. The van der Waals surface area contributed by atoms with Gasteiger partial charge < -0.3 is 9.80 Å². The first kappa shape index (κ1) is 22.8. The summed E-state index contributed by atoms with van der Waals surface area (Å²) in [6, 6.07) is 10.1. The Morgan fingerprint density at radius 2 is 1.86 bits per heavy atom. The number of carbonyl (C=O) groups excluding carboxylic acids is 2. The number of benzene rings is 1. The molecule has 8 heteroatoms. The molecule has 0 atom stereocenters. The van der Waals surface area contributed by atoms with E-state index in [9.17, 15) is 9.59 Å². The van der Waals surface area contributed by atoms with Crippen molar-refractivity contribution in [3.63, 3.8) is 0 Å². The monoisotopic (exact) mass is 470 g/mol. The van der Waals surface area contributed by atoms with Crippen molar-refractivity contribution < 1.29 is 9.59 Å². The number of rotatable bonds is 4. The van der Waals surface area contributed by atoms with Gasteiger partial charge in [-0.25, -0.2) is 4.52 Å². The van der Waals surface area contributed by atoms with Crippen LogP contribution in [0.15, 0.2) is 48.9 Å². The predicted octanol–water partition coefficient (Wildman–Crippen LogP) is 4.12. The molecule has 1 aliphatic heterocycles. The molecule has 0 spiro atoms. The lowest BCUT2D eigenvalue weighted by Crippen LogP contribution is -2.27.